The van der Waals surface area contributed by atoms with Crippen molar-refractivity contribution in [2.24, 2.45) is 0 Å². The van der Waals surface area contributed by atoms with Crippen LogP contribution in [0.3, 0.4) is 0 Å². The summed E-state index contributed by atoms with van der Waals surface area (Å²) < 4.78 is 5.33. The van der Waals surface area contributed by atoms with Crippen molar-refractivity contribution in [3.8, 4) is 5.75 Å². The molecule has 0 atom stereocenters. The molecule has 0 aliphatic carbocycles. The second-order valence-corrected chi connectivity index (χ2v) is 4.95. The van der Waals surface area contributed by atoms with Crippen LogP contribution in [0.2, 0.25) is 0 Å². The second kappa shape index (κ2) is 7.06. The van der Waals surface area contributed by atoms with Crippen LogP contribution in [0.15, 0.2) is 48.5 Å². The largest absolute Gasteiger partial charge is 0.496 e. The third kappa shape index (κ3) is 3.58. The van der Waals surface area contributed by atoms with Gasteiger partial charge in [-0.15, -0.1) is 0 Å². The van der Waals surface area contributed by atoms with E-state index in [1.54, 1.807) is 7.11 Å². The van der Waals surface area contributed by atoms with Crippen molar-refractivity contribution in [3.63, 3.8) is 0 Å². The maximum atomic E-state index is 5.43. The number of aryl methyl sites for hydroxylation is 1. The number of thiocarbonyl (C=S) groups is 1. The van der Waals surface area contributed by atoms with Gasteiger partial charge in [-0.25, -0.2) is 0 Å². The van der Waals surface area contributed by atoms with Gasteiger partial charge in [0.1, 0.15) is 10.7 Å². The molecule has 0 saturated carbocycles. The highest BCUT2D eigenvalue weighted by molar-refractivity contribution is 7.80. The second-order valence-electron chi connectivity index (χ2n) is 4.55. The van der Waals surface area contributed by atoms with Gasteiger partial charge in [0.15, 0.2) is 0 Å². The zero-order valence-corrected chi connectivity index (χ0v) is 12.7. The minimum atomic E-state index is 0.665. The molecule has 2 rings (SSSR count). The summed E-state index contributed by atoms with van der Waals surface area (Å²) in [5.41, 5.74) is 3.47. The minimum absolute atomic E-state index is 0.665. The fourth-order valence-electron chi connectivity index (χ4n) is 2.02. The molecule has 2 aromatic rings. The molecule has 2 nitrogen and oxygen atoms in total. The first-order valence-electron chi connectivity index (χ1n) is 6.73. The number of hydrogen-bond donors (Lipinski definition) is 1. The first kappa shape index (κ1) is 14.5. The molecular weight excluding hydrogens is 266 g/mol. The predicted octanol–water partition coefficient (Wildman–Crippen LogP) is 3.72. The molecule has 0 radical (unpaired) electrons. The van der Waals surface area contributed by atoms with E-state index in [4.69, 9.17) is 17.0 Å². The number of ether oxygens (including phenoxy) is 1. The molecule has 0 unspecified atom stereocenters. The fraction of sp³-hybridized carbons (Fsp3) is 0.235. The predicted molar refractivity (Wildman–Crippen MR) is 87.4 cm³/mol. The van der Waals surface area contributed by atoms with Gasteiger partial charge in [-0.2, -0.15) is 0 Å². The lowest BCUT2D eigenvalue weighted by molar-refractivity contribution is 0.409. The zero-order chi connectivity index (χ0) is 14.4. The lowest BCUT2D eigenvalue weighted by Crippen LogP contribution is -2.21. The topological polar surface area (TPSA) is 21.3 Å². The van der Waals surface area contributed by atoms with Crippen LogP contribution in [0, 0.1) is 0 Å². The molecule has 0 heterocycles. The van der Waals surface area contributed by atoms with Gasteiger partial charge in [-0.3, -0.25) is 0 Å². The number of rotatable bonds is 5. The average Bonchev–Trinajstić information content (AvgIpc) is 2.53. The molecule has 0 aliphatic rings. The van der Waals surface area contributed by atoms with Gasteiger partial charge in [0, 0.05) is 17.7 Å². The Balaban J connectivity index is 2.01. The summed E-state index contributed by atoms with van der Waals surface area (Å²) in [6.45, 7) is 2.81. The highest BCUT2D eigenvalue weighted by atomic mass is 32.1. The lowest BCUT2D eigenvalue weighted by Gasteiger charge is -2.11. The Morgan fingerprint density at radius 2 is 1.80 bits per heavy atom. The van der Waals surface area contributed by atoms with Crippen LogP contribution in [-0.4, -0.2) is 12.1 Å². The van der Waals surface area contributed by atoms with Crippen LogP contribution in [0.4, 0.5) is 0 Å². The molecule has 0 amide bonds. The molecule has 104 valence electrons. The molecule has 0 bridgehead atoms. The highest BCUT2D eigenvalue weighted by Crippen LogP contribution is 2.17. The third-order valence-electron chi connectivity index (χ3n) is 3.26. The Morgan fingerprint density at radius 1 is 1.10 bits per heavy atom. The normalized spacial score (nSPS) is 10.1. The highest BCUT2D eigenvalue weighted by Gasteiger charge is 2.04. The summed E-state index contributed by atoms with van der Waals surface area (Å²) in [6.07, 6.45) is 1.04. The SMILES string of the molecule is CCc1ccc(C(=S)NCc2ccccc2OC)cc1. The Hall–Kier alpha value is -1.87. The number of para-hydroxylation sites is 1. The summed E-state index contributed by atoms with van der Waals surface area (Å²) in [6, 6.07) is 16.3. The van der Waals surface area contributed by atoms with Crippen molar-refractivity contribution >= 4 is 17.2 Å². The summed E-state index contributed by atoms with van der Waals surface area (Å²) in [5.74, 6) is 0.879. The summed E-state index contributed by atoms with van der Waals surface area (Å²) in [5, 5.41) is 3.28. The van der Waals surface area contributed by atoms with E-state index in [2.05, 4.69) is 36.5 Å². The standard InChI is InChI=1S/C17H19NOS/c1-3-13-8-10-14(11-9-13)17(20)18-12-15-6-4-5-7-16(15)19-2/h4-11H,3,12H2,1-2H3,(H,18,20). The van der Waals surface area contributed by atoms with Gasteiger partial charge in [0.05, 0.1) is 7.11 Å². The maximum absolute atomic E-state index is 5.43. The molecule has 3 heteroatoms. The van der Waals surface area contributed by atoms with Crippen molar-refractivity contribution in [3.05, 3.63) is 65.2 Å². The van der Waals surface area contributed by atoms with Crippen LogP contribution in [0.5, 0.6) is 5.75 Å². The molecule has 1 N–H and O–H groups in total. The summed E-state index contributed by atoms with van der Waals surface area (Å²) >= 11 is 5.43. The summed E-state index contributed by atoms with van der Waals surface area (Å²) in [4.78, 5) is 0.763. The molecule has 0 aromatic heterocycles. The van der Waals surface area contributed by atoms with E-state index in [0.29, 0.717) is 6.54 Å². The molecule has 0 aliphatic heterocycles. The van der Waals surface area contributed by atoms with Crippen molar-refractivity contribution in [1.82, 2.24) is 5.32 Å². The van der Waals surface area contributed by atoms with Crippen LogP contribution in [0.1, 0.15) is 23.6 Å². The van der Waals surface area contributed by atoms with Crippen molar-refractivity contribution < 1.29 is 4.74 Å². The van der Waals surface area contributed by atoms with Gasteiger partial charge in [-0.1, -0.05) is 61.6 Å². The lowest BCUT2D eigenvalue weighted by atomic mass is 10.1. The maximum Gasteiger partial charge on any atom is 0.123 e. The van der Waals surface area contributed by atoms with E-state index >= 15 is 0 Å². The van der Waals surface area contributed by atoms with E-state index in [0.717, 1.165) is 28.3 Å². The zero-order valence-electron chi connectivity index (χ0n) is 11.8. The molecule has 0 fully saturated rings. The first-order valence-corrected chi connectivity index (χ1v) is 7.14. The van der Waals surface area contributed by atoms with Gasteiger partial charge < -0.3 is 10.1 Å². The van der Waals surface area contributed by atoms with E-state index in [1.807, 2.05) is 24.3 Å². The van der Waals surface area contributed by atoms with Gasteiger partial charge in [0.2, 0.25) is 0 Å². The minimum Gasteiger partial charge on any atom is -0.496 e. The summed E-state index contributed by atoms with van der Waals surface area (Å²) in [7, 11) is 1.68. The number of methoxy groups -OCH3 is 1. The number of hydrogen-bond acceptors (Lipinski definition) is 2. The Morgan fingerprint density at radius 3 is 2.45 bits per heavy atom. The fourth-order valence-corrected chi connectivity index (χ4v) is 2.23. The molecular formula is C17H19NOS. The van der Waals surface area contributed by atoms with Gasteiger partial charge in [0.25, 0.3) is 0 Å². The van der Waals surface area contributed by atoms with E-state index in [9.17, 15) is 0 Å². The molecule has 20 heavy (non-hydrogen) atoms. The molecule has 0 spiro atoms. The van der Waals surface area contributed by atoms with Crippen LogP contribution in [0.25, 0.3) is 0 Å². The monoisotopic (exact) mass is 285 g/mol. The van der Waals surface area contributed by atoms with Crippen LogP contribution >= 0.6 is 12.2 Å². The van der Waals surface area contributed by atoms with E-state index in [1.165, 1.54) is 5.56 Å². The van der Waals surface area contributed by atoms with Crippen molar-refractivity contribution in [1.29, 1.82) is 0 Å². The Labute approximate surface area is 125 Å². The number of benzene rings is 2. The molecule has 0 saturated heterocycles. The first-order chi connectivity index (χ1) is 9.74. The van der Waals surface area contributed by atoms with E-state index < -0.39 is 0 Å². The Kier molecular flexibility index (Phi) is 5.13. The van der Waals surface area contributed by atoms with Gasteiger partial charge >= 0.3 is 0 Å². The quantitative estimate of drug-likeness (QED) is 0.846. The average molecular weight is 285 g/mol. The van der Waals surface area contributed by atoms with Crippen molar-refractivity contribution in [2.45, 2.75) is 19.9 Å². The van der Waals surface area contributed by atoms with E-state index in [-0.39, 0.29) is 0 Å². The number of nitrogens with one attached hydrogen (secondary N) is 1. The third-order valence-corrected chi connectivity index (χ3v) is 3.64. The van der Waals surface area contributed by atoms with Crippen molar-refractivity contribution in [2.75, 3.05) is 7.11 Å². The Bertz CT molecular complexity index is 578. The van der Waals surface area contributed by atoms with Gasteiger partial charge in [-0.05, 0) is 18.1 Å². The molecule has 2 aromatic carbocycles. The van der Waals surface area contributed by atoms with Crippen LogP contribution < -0.4 is 10.1 Å². The smallest absolute Gasteiger partial charge is 0.123 e. The van der Waals surface area contributed by atoms with Crippen LogP contribution in [-0.2, 0) is 13.0 Å².